The molecule has 0 aliphatic carbocycles. The molecule has 112 valence electrons. The number of hydrogen-bond donors (Lipinski definition) is 1. The van der Waals surface area contributed by atoms with Crippen LogP contribution in [0.15, 0.2) is 41.1 Å². The summed E-state index contributed by atoms with van der Waals surface area (Å²) >= 11 is 9.68. The van der Waals surface area contributed by atoms with Crippen molar-refractivity contribution in [1.82, 2.24) is 10.3 Å². The van der Waals surface area contributed by atoms with Crippen LogP contribution >= 0.6 is 27.5 Å². The summed E-state index contributed by atoms with van der Waals surface area (Å²) in [5.74, 6) is -0.322. The van der Waals surface area contributed by atoms with Gasteiger partial charge < -0.3 is 5.32 Å². The van der Waals surface area contributed by atoms with Crippen molar-refractivity contribution in [3.63, 3.8) is 0 Å². The van der Waals surface area contributed by atoms with Crippen molar-refractivity contribution in [3.05, 3.63) is 63.1 Å². The lowest BCUT2D eigenvalue weighted by atomic mass is 10.00. The van der Waals surface area contributed by atoms with Crippen LogP contribution in [0.1, 0.15) is 30.5 Å². The summed E-state index contributed by atoms with van der Waals surface area (Å²) in [6.45, 7) is 2.95. The monoisotopic (exact) mass is 370 g/mol. The Hall–Kier alpha value is -0.970. The Balaban J connectivity index is 2.23. The molecule has 2 aromatic rings. The highest BCUT2D eigenvalue weighted by atomic mass is 79.9. The van der Waals surface area contributed by atoms with Crippen LogP contribution in [0.3, 0.4) is 0 Å². The number of aromatic nitrogens is 1. The van der Waals surface area contributed by atoms with Crippen LogP contribution in [-0.2, 0) is 6.42 Å². The third kappa shape index (κ3) is 4.77. The Morgan fingerprint density at radius 1 is 1.33 bits per heavy atom. The Labute approximate surface area is 137 Å². The molecule has 2 rings (SSSR count). The molecule has 1 atom stereocenters. The average molecular weight is 372 g/mol. The number of rotatable bonds is 6. The Morgan fingerprint density at radius 2 is 2.14 bits per heavy atom. The van der Waals surface area contributed by atoms with E-state index < -0.39 is 0 Å². The molecular formula is C16H17BrClFN2. The van der Waals surface area contributed by atoms with E-state index in [1.165, 1.54) is 12.3 Å². The van der Waals surface area contributed by atoms with E-state index in [1.54, 1.807) is 6.20 Å². The zero-order chi connectivity index (χ0) is 15.2. The zero-order valence-electron chi connectivity index (χ0n) is 11.7. The van der Waals surface area contributed by atoms with E-state index in [0.717, 1.165) is 28.6 Å². The summed E-state index contributed by atoms with van der Waals surface area (Å²) in [6.07, 6.45) is 4.61. The lowest BCUT2D eigenvalue weighted by Gasteiger charge is -2.19. The SMILES string of the molecule is CCCNC(Cc1ccc(Br)cc1Cl)c1cncc(F)c1. The summed E-state index contributed by atoms with van der Waals surface area (Å²) in [6, 6.07) is 7.33. The van der Waals surface area contributed by atoms with E-state index in [-0.39, 0.29) is 11.9 Å². The molecule has 0 aliphatic rings. The van der Waals surface area contributed by atoms with Gasteiger partial charge in [-0.15, -0.1) is 0 Å². The molecule has 0 saturated carbocycles. The minimum Gasteiger partial charge on any atom is -0.310 e. The first-order valence-corrected chi connectivity index (χ1v) is 8.05. The van der Waals surface area contributed by atoms with Gasteiger partial charge in [-0.3, -0.25) is 4.98 Å². The smallest absolute Gasteiger partial charge is 0.141 e. The van der Waals surface area contributed by atoms with Gasteiger partial charge in [-0.25, -0.2) is 4.39 Å². The number of pyridine rings is 1. The highest BCUT2D eigenvalue weighted by Crippen LogP contribution is 2.26. The highest BCUT2D eigenvalue weighted by molar-refractivity contribution is 9.10. The predicted molar refractivity (Wildman–Crippen MR) is 88.1 cm³/mol. The van der Waals surface area contributed by atoms with Gasteiger partial charge in [-0.2, -0.15) is 0 Å². The van der Waals surface area contributed by atoms with Crippen LogP contribution in [0.5, 0.6) is 0 Å². The van der Waals surface area contributed by atoms with Crippen molar-refractivity contribution < 1.29 is 4.39 Å². The van der Waals surface area contributed by atoms with Gasteiger partial charge >= 0.3 is 0 Å². The second kappa shape index (κ2) is 7.87. The van der Waals surface area contributed by atoms with Crippen molar-refractivity contribution in [1.29, 1.82) is 0 Å². The minimum atomic E-state index is -0.322. The molecule has 0 saturated heterocycles. The van der Waals surface area contributed by atoms with E-state index in [2.05, 4.69) is 33.2 Å². The zero-order valence-corrected chi connectivity index (χ0v) is 14.1. The second-order valence-corrected chi connectivity index (χ2v) is 6.21. The molecule has 1 heterocycles. The molecule has 5 heteroatoms. The molecule has 0 fully saturated rings. The third-order valence-corrected chi connectivity index (χ3v) is 4.05. The Kier molecular flexibility index (Phi) is 6.15. The van der Waals surface area contributed by atoms with Gasteiger partial charge in [-0.1, -0.05) is 40.5 Å². The quantitative estimate of drug-likeness (QED) is 0.779. The van der Waals surface area contributed by atoms with Gasteiger partial charge in [0.05, 0.1) is 6.20 Å². The van der Waals surface area contributed by atoms with Crippen LogP contribution < -0.4 is 5.32 Å². The molecule has 1 unspecified atom stereocenters. The van der Waals surface area contributed by atoms with Crippen molar-refractivity contribution in [3.8, 4) is 0 Å². The lowest BCUT2D eigenvalue weighted by Crippen LogP contribution is -2.24. The molecule has 0 spiro atoms. The lowest BCUT2D eigenvalue weighted by molar-refractivity contribution is 0.521. The Morgan fingerprint density at radius 3 is 2.81 bits per heavy atom. The number of halogens is 3. The van der Waals surface area contributed by atoms with E-state index in [0.29, 0.717) is 11.4 Å². The normalized spacial score (nSPS) is 12.4. The fraction of sp³-hybridized carbons (Fsp3) is 0.312. The number of benzene rings is 1. The molecule has 1 N–H and O–H groups in total. The topological polar surface area (TPSA) is 24.9 Å². The molecule has 0 aliphatic heterocycles. The van der Waals surface area contributed by atoms with Gasteiger partial charge in [-0.05, 0) is 48.7 Å². The Bertz CT molecular complexity index is 607. The first kappa shape index (κ1) is 16.4. The van der Waals surface area contributed by atoms with E-state index >= 15 is 0 Å². The van der Waals surface area contributed by atoms with Crippen molar-refractivity contribution in [2.24, 2.45) is 0 Å². The molecule has 21 heavy (non-hydrogen) atoms. The molecular weight excluding hydrogens is 355 g/mol. The summed E-state index contributed by atoms with van der Waals surface area (Å²) in [7, 11) is 0. The van der Waals surface area contributed by atoms with Gasteiger partial charge in [0, 0.05) is 21.7 Å². The molecule has 2 nitrogen and oxygen atoms in total. The van der Waals surface area contributed by atoms with E-state index in [4.69, 9.17) is 11.6 Å². The van der Waals surface area contributed by atoms with Gasteiger partial charge in [0.25, 0.3) is 0 Å². The summed E-state index contributed by atoms with van der Waals surface area (Å²) in [5.41, 5.74) is 1.86. The maximum absolute atomic E-state index is 13.4. The first-order valence-electron chi connectivity index (χ1n) is 6.88. The summed E-state index contributed by atoms with van der Waals surface area (Å²) < 4.78 is 14.3. The van der Waals surface area contributed by atoms with Crippen LogP contribution in [0.4, 0.5) is 4.39 Å². The van der Waals surface area contributed by atoms with Crippen molar-refractivity contribution >= 4 is 27.5 Å². The maximum atomic E-state index is 13.4. The highest BCUT2D eigenvalue weighted by Gasteiger charge is 2.14. The fourth-order valence-corrected chi connectivity index (χ4v) is 2.90. The van der Waals surface area contributed by atoms with Crippen molar-refractivity contribution in [2.45, 2.75) is 25.8 Å². The van der Waals surface area contributed by atoms with Gasteiger partial charge in [0.15, 0.2) is 0 Å². The summed E-state index contributed by atoms with van der Waals surface area (Å²) in [5, 5.41) is 4.13. The molecule has 1 aromatic heterocycles. The molecule has 0 amide bonds. The third-order valence-electron chi connectivity index (χ3n) is 3.21. The maximum Gasteiger partial charge on any atom is 0.141 e. The van der Waals surface area contributed by atoms with Crippen LogP contribution in [0.25, 0.3) is 0 Å². The van der Waals surface area contributed by atoms with Crippen molar-refractivity contribution in [2.75, 3.05) is 6.54 Å². The standard InChI is InChI=1S/C16H17BrClFN2/c1-2-5-21-16(12-6-14(19)10-20-9-12)7-11-3-4-13(17)8-15(11)18/h3-4,6,8-10,16,21H,2,5,7H2,1H3. The van der Waals surface area contributed by atoms with Crippen LogP contribution in [0, 0.1) is 5.82 Å². The predicted octanol–water partition coefficient (Wildman–Crippen LogP) is 4.92. The number of hydrogen-bond acceptors (Lipinski definition) is 2. The van der Waals surface area contributed by atoms with Crippen LogP contribution in [-0.4, -0.2) is 11.5 Å². The molecule has 0 bridgehead atoms. The van der Waals surface area contributed by atoms with Gasteiger partial charge in [0.2, 0.25) is 0 Å². The summed E-state index contributed by atoms with van der Waals surface area (Å²) in [4.78, 5) is 3.94. The van der Waals surface area contributed by atoms with E-state index in [1.807, 2.05) is 18.2 Å². The largest absolute Gasteiger partial charge is 0.310 e. The van der Waals surface area contributed by atoms with Crippen LogP contribution in [0.2, 0.25) is 5.02 Å². The second-order valence-electron chi connectivity index (χ2n) is 4.88. The average Bonchev–Trinajstić information content (AvgIpc) is 2.45. The molecule has 1 aromatic carbocycles. The minimum absolute atomic E-state index is 0.00757. The first-order chi connectivity index (χ1) is 10.1. The molecule has 0 radical (unpaired) electrons. The van der Waals surface area contributed by atoms with E-state index in [9.17, 15) is 4.39 Å². The fourth-order valence-electron chi connectivity index (χ4n) is 2.15. The number of nitrogens with zero attached hydrogens (tertiary/aromatic N) is 1. The van der Waals surface area contributed by atoms with Gasteiger partial charge in [0.1, 0.15) is 5.82 Å². The number of nitrogens with one attached hydrogen (secondary N) is 1.